The number of nitriles is 1. The minimum Gasteiger partial charge on any atom is -0.488 e. The van der Waals surface area contributed by atoms with E-state index in [-0.39, 0.29) is 17.8 Å². The molecule has 0 saturated carbocycles. The number of carbonyl (C=O) groups is 2. The third-order valence-electron chi connectivity index (χ3n) is 3.77. The van der Waals surface area contributed by atoms with E-state index in [1.807, 2.05) is 24.3 Å². The van der Waals surface area contributed by atoms with Crippen molar-refractivity contribution in [1.29, 1.82) is 5.26 Å². The van der Waals surface area contributed by atoms with Crippen molar-refractivity contribution in [3.63, 3.8) is 0 Å². The second-order valence-corrected chi connectivity index (χ2v) is 7.39. The Morgan fingerprint density at radius 2 is 2.04 bits per heavy atom. The van der Waals surface area contributed by atoms with Gasteiger partial charge in [-0.1, -0.05) is 34.1 Å². The third kappa shape index (κ3) is 3.82. The Morgan fingerprint density at radius 1 is 1.27 bits per heavy atom. The lowest BCUT2D eigenvalue weighted by Gasteiger charge is -2.11. The zero-order valence-electron chi connectivity index (χ0n) is 13.7. The number of ether oxygens (including phenoxy) is 1. The van der Waals surface area contributed by atoms with Crippen LogP contribution in [0.3, 0.4) is 0 Å². The van der Waals surface area contributed by atoms with Gasteiger partial charge in [-0.05, 0) is 42.1 Å². The van der Waals surface area contributed by atoms with Crippen molar-refractivity contribution in [3.8, 4) is 11.8 Å². The lowest BCUT2D eigenvalue weighted by atomic mass is 10.1. The zero-order chi connectivity index (χ0) is 18.7. The first-order valence-electron chi connectivity index (χ1n) is 7.61. The molecule has 1 heterocycles. The summed E-state index contributed by atoms with van der Waals surface area (Å²) in [6, 6.07) is 14.8. The summed E-state index contributed by atoms with van der Waals surface area (Å²) >= 11 is 4.30. The molecule has 1 aliphatic rings. The van der Waals surface area contributed by atoms with Crippen molar-refractivity contribution in [2.45, 2.75) is 6.61 Å². The molecule has 0 aromatic heterocycles. The maximum absolute atomic E-state index is 12.1. The number of hydrogen-bond donors (Lipinski definition) is 0. The molecule has 1 saturated heterocycles. The van der Waals surface area contributed by atoms with E-state index in [9.17, 15) is 14.9 Å². The second kappa shape index (κ2) is 7.77. The predicted molar refractivity (Wildman–Crippen MR) is 103 cm³/mol. The summed E-state index contributed by atoms with van der Waals surface area (Å²) in [7, 11) is 1.45. The highest BCUT2D eigenvalue weighted by molar-refractivity contribution is 9.10. The summed E-state index contributed by atoms with van der Waals surface area (Å²) in [6.07, 6.45) is 1.64. The van der Waals surface area contributed by atoms with Crippen LogP contribution >= 0.6 is 27.7 Å². The number of benzene rings is 2. The van der Waals surface area contributed by atoms with Crippen LogP contribution in [-0.2, 0) is 11.4 Å². The highest BCUT2D eigenvalue weighted by Gasteiger charge is 2.32. The fourth-order valence-corrected chi connectivity index (χ4v) is 3.56. The van der Waals surface area contributed by atoms with Crippen molar-refractivity contribution < 1.29 is 14.3 Å². The van der Waals surface area contributed by atoms with Crippen molar-refractivity contribution in [2.75, 3.05) is 7.05 Å². The van der Waals surface area contributed by atoms with Gasteiger partial charge < -0.3 is 4.74 Å². The van der Waals surface area contributed by atoms with Crippen LogP contribution in [0.2, 0.25) is 0 Å². The van der Waals surface area contributed by atoms with E-state index < -0.39 is 0 Å². The molecule has 0 atom stereocenters. The van der Waals surface area contributed by atoms with Crippen molar-refractivity contribution in [3.05, 3.63) is 68.5 Å². The molecule has 2 aromatic rings. The van der Waals surface area contributed by atoms with Gasteiger partial charge in [0.05, 0.1) is 16.5 Å². The van der Waals surface area contributed by atoms with E-state index in [0.29, 0.717) is 21.8 Å². The molecule has 1 fully saturated rings. The van der Waals surface area contributed by atoms with Crippen LogP contribution in [0.25, 0.3) is 6.08 Å². The number of likely N-dealkylation sites (N-methyl/N-ethyl adjacent to an activating group) is 1. The molecular formula is C19H13BrN2O3S. The van der Waals surface area contributed by atoms with E-state index in [4.69, 9.17) is 4.74 Å². The fraction of sp³-hybridized carbons (Fsp3) is 0.105. The zero-order valence-corrected chi connectivity index (χ0v) is 16.1. The maximum atomic E-state index is 12.1. The van der Waals surface area contributed by atoms with Crippen LogP contribution in [0, 0.1) is 11.3 Å². The Morgan fingerprint density at radius 3 is 2.73 bits per heavy atom. The van der Waals surface area contributed by atoms with Crippen LogP contribution in [-0.4, -0.2) is 23.1 Å². The second-order valence-electron chi connectivity index (χ2n) is 5.48. The van der Waals surface area contributed by atoms with Crippen molar-refractivity contribution >= 4 is 44.9 Å². The van der Waals surface area contributed by atoms with Gasteiger partial charge >= 0.3 is 0 Å². The van der Waals surface area contributed by atoms with Crippen LogP contribution in [0.1, 0.15) is 16.7 Å². The average molecular weight is 429 g/mol. The van der Waals surface area contributed by atoms with Crippen molar-refractivity contribution in [2.24, 2.45) is 0 Å². The summed E-state index contributed by atoms with van der Waals surface area (Å²) in [5.41, 5.74) is 2.00. The van der Waals surface area contributed by atoms with Crippen LogP contribution in [0.15, 0.2) is 51.8 Å². The lowest BCUT2D eigenvalue weighted by molar-refractivity contribution is -0.121. The number of imide groups is 1. The standard InChI is InChI=1S/C19H13BrN2O3S/c1-22-18(23)17(26-19(22)24)9-14-8-15(20)6-7-16(14)25-11-13-5-3-2-4-12(13)10-21/h2-9H,11H2,1H3/b17-9-. The van der Waals surface area contributed by atoms with Gasteiger partial charge in [-0.2, -0.15) is 5.26 Å². The number of carbonyl (C=O) groups excluding carboxylic acids is 2. The fourth-order valence-electron chi connectivity index (χ4n) is 2.36. The molecule has 0 spiro atoms. The first-order chi connectivity index (χ1) is 12.5. The molecule has 26 heavy (non-hydrogen) atoms. The van der Waals surface area contributed by atoms with Gasteiger partial charge in [0.2, 0.25) is 0 Å². The number of hydrogen-bond acceptors (Lipinski definition) is 5. The van der Waals surface area contributed by atoms with Gasteiger partial charge in [0.1, 0.15) is 12.4 Å². The van der Waals surface area contributed by atoms with Gasteiger partial charge in [0, 0.05) is 22.6 Å². The summed E-state index contributed by atoms with van der Waals surface area (Å²) in [6.45, 7) is 0.224. The molecule has 0 bridgehead atoms. The Kier molecular flexibility index (Phi) is 5.45. The Balaban J connectivity index is 1.89. The number of thioether (sulfide) groups is 1. The van der Waals surface area contributed by atoms with Gasteiger partial charge in [-0.15, -0.1) is 0 Å². The average Bonchev–Trinajstić information content (AvgIpc) is 2.88. The Labute approximate surface area is 163 Å². The summed E-state index contributed by atoms with van der Waals surface area (Å²) in [5, 5.41) is 8.87. The Hall–Kier alpha value is -2.56. The summed E-state index contributed by atoms with van der Waals surface area (Å²) < 4.78 is 6.71. The largest absolute Gasteiger partial charge is 0.488 e. The molecule has 2 aromatic carbocycles. The lowest BCUT2D eigenvalue weighted by Crippen LogP contribution is -2.22. The molecule has 3 rings (SSSR count). The minimum absolute atomic E-state index is 0.224. The molecule has 130 valence electrons. The van der Waals surface area contributed by atoms with Gasteiger partial charge in [-0.25, -0.2) is 0 Å². The quantitative estimate of drug-likeness (QED) is 0.667. The smallest absolute Gasteiger partial charge is 0.293 e. The van der Waals surface area contributed by atoms with Gasteiger partial charge in [-0.3, -0.25) is 14.5 Å². The summed E-state index contributed by atoms with van der Waals surface area (Å²) in [5.74, 6) is 0.226. The van der Waals surface area contributed by atoms with E-state index in [1.165, 1.54) is 7.05 Å². The molecule has 0 N–H and O–H groups in total. The number of halogens is 1. The predicted octanol–water partition coefficient (Wildman–Crippen LogP) is 4.57. The van der Waals surface area contributed by atoms with Crippen LogP contribution in [0.5, 0.6) is 5.75 Å². The molecule has 1 aliphatic heterocycles. The number of nitrogens with zero attached hydrogens (tertiary/aromatic N) is 2. The number of amides is 2. The minimum atomic E-state index is -0.333. The molecular weight excluding hydrogens is 416 g/mol. The highest BCUT2D eigenvalue weighted by Crippen LogP contribution is 2.34. The van der Waals surface area contributed by atoms with Crippen LogP contribution < -0.4 is 4.74 Å². The van der Waals surface area contributed by atoms with Gasteiger partial charge in [0.15, 0.2) is 0 Å². The Bertz CT molecular complexity index is 965. The maximum Gasteiger partial charge on any atom is 0.293 e. The van der Waals surface area contributed by atoms with E-state index in [2.05, 4.69) is 22.0 Å². The molecule has 7 heteroatoms. The molecule has 2 amide bonds. The molecule has 0 radical (unpaired) electrons. The van der Waals surface area contributed by atoms with E-state index in [0.717, 1.165) is 26.7 Å². The normalized spacial score (nSPS) is 15.4. The monoisotopic (exact) mass is 428 g/mol. The first-order valence-corrected chi connectivity index (χ1v) is 9.22. The van der Waals surface area contributed by atoms with E-state index in [1.54, 1.807) is 24.3 Å². The number of rotatable bonds is 4. The van der Waals surface area contributed by atoms with Crippen molar-refractivity contribution in [1.82, 2.24) is 4.90 Å². The SMILES string of the molecule is CN1C(=O)S/C(=C\c2cc(Br)ccc2OCc2ccccc2C#N)C1=O. The third-order valence-corrected chi connectivity index (χ3v) is 5.22. The van der Waals surface area contributed by atoms with E-state index >= 15 is 0 Å². The highest BCUT2D eigenvalue weighted by atomic mass is 79.9. The van der Waals surface area contributed by atoms with Gasteiger partial charge in [0.25, 0.3) is 11.1 Å². The molecule has 0 unspecified atom stereocenters. The molecule has 5 nitrogen and oxygen atoms in total. The molecule has 0 aliphatic carbocycles. The summed E-state index contributed by atoms with van der Waals surface area (Å²) in [4.78, 5) is 25.2. The topological polar surface area (TPSA) is 70.4 Å². The van der Waals surface area contributed by atoms with Crippen LogP contribution in [0.4, 0.5) is 4.79 Å². The first kappa shape index (κ1) is 18.2.